The van der Waals surface area contributed by atoms with Gasteiger partial charge in [-0.1, -0.05) is 0 Å². The van der Waals surface area contributed by atoms with Gasteiger partial charge in [0.25, 0.3) is 0 Å². The molecule has 0 unspecified atom stereocenters. The second-order valence-electron chi connectivity index (χ2n) is 4.40. The van der Waals surface area contributed by atoms with Gasteiger partial charge in [0.2, 0.25) is 0 Å². The number of hydrogen-bond donors (Lipinski definition) is 1. The number of aromatic nitrogens is 1. The van der Waals surface area contributed by atoms with E-state index in [1.165, 1.54) is 0 Å². The Labute approximate surface area is 117 Å². The molecule has 0 fully saturated rings. The van der Waals surface area contributed by atoms with Crippen molar-refractivity contribution in [2.75, 3.05) is 19.7 Å². The molecule has 0 saturated carbocycles. The van der Waals surface area contributed by atoms with Crippen LogP contribution in [0.25, 0.3) is 0 Å². The molecule has 1 aromatic heterocycles. The summed E-state index contributed by atoms with van der Waals surface area (Å²) in [4.78, 5) is 4.32. The molecule has 0 atom stereocenters. The standard InChI is InChI=1S/C12H14F6N2O/c13-11(14,15)8-20(5-2-6-21)7-10-9(12(16,17)18)3-1-4-19-10/h1,3-4,21H,2,5-8H2. The molecule has 21 heavy (non-hydrogen) atoms. The van der Waals surface area contributed by atoms with Gasteiger partial charge in [0, 0.05) is 25.9 Å². The van der Waals surface area contributed by atoms with E-state index < -0.39 is 36.7 Å². The monoisotopic (exact) mass is 316 g/mol. The minimum atomic E-state index is -4.68. The third-order valence-electron chi connectivity index (χ3n) is 2.60. The zero-order valence-corrected chi connectivity index (χ0v) is 10.9. The molecule has 1 aromatic rings. The molecule has 1 heterocycles. The highest BCUT2D eigenvalue weighted by Crippen LogP contribution is 2.31. The number of nitrogens with zero attached hydrogens (tertiary/aromatic N) is 2. The molecule has 9 heteroatoms. The van der Waals surface area contributed by atoms with E-state index >= 15 is 0 Å². The molecule has 120 valence electrons. The van der Waals surface area contributed by atoms with E-state index in [0.717, 1.165) is 23.2 Å². The van der Waals surface area contributed by atoms with E-state index in [1.54, 1.807) is 0 Å². The summed E-state index contributed by atoms with van der Waals surface area (Å²) in [5, 5.41) is 8.66. The predicted octanol–water partition coefficient (Wildman–Crippen LogP) is 2.85. The van der Waals surface area contributed by atoms with Crippen LogP contribution in [0.3, 0.4) is 0 Å². The Bertz CT molecular complexity index is 446. The number of aliphatic hydroxyl groups excluding tert-OH is 1. The lowest BCUT2D eigenvalue weighted by molar-refractivity contribution is -0.148. The highest BCUT2D eigenvalue weighted by Gasteiger charge is 2.36. The molecule has 3 nitrogen and oxygen atoms in total. The molecule has 0 aliphatic heterocycles. The van der Waals surface area contributed by atoms with E-state index in [1.807, 2.05) is 0 Å². The van der Waals surface area contributed by atoms with E-state index in [9.17, 15) is 26.3 Å². The first-order valence-electron chi connectivity index (χ1n) is 6.04. The predicted molar refractivity (Wildman–Crippen MR) is 62.3 cm³/mol. The van der Waals surface area contributed by atoms with Crippen LogP contribution in [0.4, 0.5) is 26.3 Å². The van der Waals surface area contributed by atoms with Gasteiger partial charge in [0.1, 0.15) is 0 Å². The molecular weight excluding hydrogens is 302 g/mol. The van der Waals surface area contributed by atoms with Crippen LogP contribution in [0.15, 0.2) is 18.3 Å². The van der Waals surface area contributed by atoms with Crippen molar-refractivity contribution in [1.29, 1.82) is 0 Å². The van der Waals surface area contributed by atoms with Crippen LogP contribution in [-0.2, 0) is 12.7 Å². The van der Waals surface area contributed by atoms with Crippen molar-refractivity contribution in [3.05, 3.63) is 29.6 Å². The lowest BCUT2D eigenvalue weighted by Crippen LogP contribution is -2.35. The van der Waals surface area contributed by atoms with Crippen molar-refractivity contribution >= 4 is 0 Å². The third-order valence-corrected chi connectivity index (χ3v) is 2.60. The first kappa shape index (κ1) is 17.7. The van der Waals surface area contributed by atoms with Crippen molar-refractivity contribution in [1.82, 2.24) is 9.88 Å². The Morgan fingerprint density at radius 2 is 1.81 bits per heavy atom. The molecule has 0 aliphatic rings. The van der Waals surface area contributed by atoms with E-state index in [-0.39, 0.29) is 19.6 Å². The molecular formula is C12H14F6N2O. The van der Waals surface area contributed by atoms with Crippen molar-refractivity contribution in [3.8, 4) is 0 Å². The molecule has 0 bridgehead atoms. The zero-order chi connectivity index (χ0) is 16.1. The lowest BCUT2D eigenvalue weighted by atomic mass is 10.1. The Kier molecular flexibility index (Phi) is 5.97. The number of halogens is 6. The molecule has 0 amide bonds. The van der Waals surface area contributed by atoms with Crippen LogP contribution in [0.5, 0.6) is 0 Å². The average Bonchev–Trinajstić information content (AvgIpc) is 2.33. The quantitative estimate of drug-likeness (QED) is 0.820. The summed E-state index contributed by atoms with van der Waals surface area (Å²) in [5.41, 5.74) is -1.52. The van der Waals surface area contributed by atoms with E-state index in [0.29, 0.717) is 0 Å². The normalized spacial score (nSPS) is 13.0. The Morgan fingerprint density at radius 1 is 1.14 bits per heavy atom. The summed E-state index contributed by atoms with van der Waals surface area (Å²) >= 11 is 0. The first-order chi connectivity index (χ1) is 9.63. The van der Waals surface area contributed by atoms with Crippen LogP contribution in [0.1, 0.15) is 17.7 Å². The molecule has 1 N–H and O–H groups in total. The number of pyridine rings is 1. The van der Waals surface area contributed by atoms with E-state index in [2.05, 4.69) is 4.98 Å². The van der Waals surface area contributed by atoms with Crippen molar-refractivity contribution in [2.45, 2.75) is 25.3 Å². The number of rotatable bonds is 6. The van der Waals surface area contributed by atoms with Crippen LogP contribution >= 0.6 is 0 Å². The number of hydrogen-bond acceptors (Lipinski definition) is 3. The van der Waals surface area contributed by atoms with E-state index in [4.69, 9.17) is 5.11 Å². The van der Waals surface area contributed by atoms with Gasteiger partial charge < -0.3 is 5.11 Å². The maximum absolute atomic E-state index is 12.8. The summed E-state index contributed by atoms with van der Waals surface area (Å²) in [5.74, 6) is 0. The molecule has 0 spiro atoms. The highest BCUT2D eigenvalue weighted by molar-refractivity contribution is 5.22. The first-order valence-corrected chi connectivity index (χ1v) is 6.04. The largest absolute Gasteiger partial charge is 0.418 e. The van der Waals surface area contributed by atoms with Gasteiger partial charge in [0.15, 0.2) is 0 Å². The van der Waals surface area contributed by atoms with Crippen molar-refractivity contribution in [3.63, 3.8) is 0 Å². The fraction of sp³-hybridized carbons (Fsp3) is 0.583. The van der Waals surface area contributed by atoms with Gasteiger partial charge in [-0.05, 0) is 18.6 Å². The molecule has 1 rings (SSSR count). The van der Waals surface area contributed by atoms with Gasteiger partial charge in [-0.15, -0.1) is 0 Å². The topological polar surface area (TPSA) is 36.4 Å². The molecule has 0 aliphatic carbocycles. The fourth-order valence-corrected chi connectivity index (χ4v) is 1.80. The van der Waals surface area contributed by atoms with Crippen LogP contribution in [0, 0.1) is 0 Å². The Balaban J connectivity index is 2.93. The summed E-state index contributed by atoms with van der Waals surface area (Å²) < 4.78 is 75.6. The number of alkyl halides is 6. The van der Waals surface area contributed by atoms with Crippen LogP contribution in [0.2, 0.25) is 0 Å². The van der Waals surface area contributed by atoms with Gasteiger partial charge in [-0.25, -0.2) is 0 Å². The van der Waals surface area contributed by atoms with Crippen LogP contribution in [-0.4, -0.2) is 40.9 Å². The van der Waals surface area contributed by atoms with Gasteiger partial charge >= 0.3 is 12.4 Å². The summed E-state index contributed by atoms with van der Waals surface area (Å²) in [6, 6.07) is 1.86. The minimum absolute atomic E-state index is 0.0320. The van der Waals surface area contributed by atoms with Crippen molar-refractivity contribution < 1.29 is 31.4 Å². The van der Waals surface area contributed by atoms with Crippen LogP contribution < -0.4 is 0 Å². The molecule has 0 saturated heterocycles. The third kappa shape index (κ3) is 6.30. The lowest BCUT2D eigenvalue weighted by Gasteiger charge is -2.24. The number of aliphatic hydroxyl groups is 1. The maximum atomic E-state index is 12.8. The average molecular weight is 316 g/mol. The fourth-order valence-electron chi connectivity index (χ4n) is 1.80. The van der Waals surface area contributed by atoms with Crippen molar-refractivity contribution in [2.24, 2.45) is 0 Å². The second-order valence-corrected chi connectivity index (χ2v) is 4.40. The summed E-state index contributed by atoms with van der Waals surface area (Å²) in [7, 11) is 0. The van der Waals surface area contributed by atoms with Gasteiger partial charge in [0.05, 0.1) is 17.8 Å². The Morgan fingerprint density at radius 3 is 2.33 bits per heavy atom. The van der Waals surface area contributed by atoms with Gasteiger partial charge in [-0.2, -0.15) is 26.3 Å². The Hall–Kier alpha value is -1.35. The summed E-state index contributed by atoms with van der Waals surface area (Å²) in [6.07, 6.45) is -8.08. The molecule has 0 radical (unpaired) electrons. The maximum Gasteiger partial charge on any atom is 0.418 e. The minimum Gasteiger partial charge on any atom is -0.396 e. The SMILES string of the molecule is OCCCN(Cc1ncccc1C(F)(F)F)CC(F)(F)F. The smallest absolute Gasteiger partial charge is 0.396 e. The summed E-state index contributed by atoms with van der Waals surface area (Å²) in [6.45, 7) is -2.47. The molecule has 0 aromatic carbocycles. The zero-order valence-electron chi connectivity index (χ0n) is 10.9. The second kappa shape index (κ2) is 7.08. The highest BCUT2D eigenvalue weighted by atomic mass is 19.4. The van der Waals surface area contributed by atoms with Gasteiger partial charge in [-0.3, -0.25) is 9.88 Å².